The van der Waals surface area contributed by atoms with Crippen molar-refractivity contribution >= 4 is 29.2 Å². The number of nitrogens with zero attached hydrogens (tertiary/aromatic N) is 1. The summed E-state index contributed by atoms with van der Waals surface area (Å²) in [6.45, 7) is 12.7. The van der Waals surface area contributed by atoms with E-state index in [-0.39, 0.29) is 54.8 Å². The van der Waals surface area contributed by atoms with Gasteiger partial charge in [0.2, 0.25) is 5.79 Å². The van der Waals surface area contributed by atoms with E-state index in [0.717, 1.165) is 12.0 Å². The highest BCUT2D eigenvalue weighted by molar-refractivity contribution is 6.39. The molecule has 2 bridgehead atoms. The van der Waals surface area contributed by atoms with Crippen molar-refractivity contribution < 1.29 is 63.0 Å². The summed E-state index contributed by atoms with van der Waals surface area (Å²) in [5, 5.41) is 33.9. The Bertz CT molecular complexity index is 1760. The van der Waals surface area contributed by atoms with Crippen molar-refractivity contribution in [3.05, 3.63) is 47.6 Å². The monoisotopic (exact) mass is 914 g/mol. The minimum Gasteiger partial charge on any atom is -0.460 e. The zero-order valence-electron chi connectivity index (χ0n) is 40.6. The van der Waals surface area contributed by atoms with Gasteiger partial charge < -0.3 is 43.9 Å². The first-order valence-corrected chi connectivity index (χ1v) is 23.9. The predicted octanol–water partition coefficient (Wildman–Crippen LogP) is 6.18. The zero-order valence-corrected chi connectivity index (χ0v) is 40.6. The number of cyclic esters (lactones) is 1. The van der Waals surface area contributed by atoms with Crippen LogP contribution in [0.4, 0.5) is 0 Å². The van der Waals surface area contributed by atoms with Gasteiger partial charge >= 0.3 is 5.97 Å². The molecule has 2 saturated heterocycles. The third kappa shape index (κ3) is 14.3. The van der Waals surface area contributed by atoms with Crippen molar-refractivity contribution in [2.24, 2.45) is 35.5 Å². The highest BCUT2D eigenvalue weighted by atomic mass is 16.6. The average molecular weight is 914 g/mol. The molecule has 0 aromatic rings. The molecule has 4 rings (SSSR count). The lowest BCUT2D eigenvalue weighted by atomic mass is 9.78. The van der Waals surface area contributed by atoms with Crippen molar-refractivity contribution in [3.63, 3.8) is 0 Å². The van der Waals surface area contributed by atoms with Gasteiger partial charge in [-0.1, -0.05) is 71.1 Å². The summed E-state index contributed by atoms with van der Waals surface area (Å²) in [7, 11) is 4.53. The fourth-order valence-electron chi connectivity index (χ4n) is 10.1. The standard InChI is InChI=1S/C51H79NO13/c1-30-16-12-11-13-17-31(2)42(61-8)28-38-21-19-36(7)51(60,65-38)48(57)49(58)52-23-15-14-18-39(52)50(59)64-43(33(4)26-37-20-22-40(53)44(27-37)62-9)29-41(54)32(3)25-35(6)46(56)47(63-10)45(55)34(5)24-30/h11-13,16-17,25,30,33-40,42-44,46-47,53,56,60H,14-15,18-24,26-29H2,1-10H3/b13-11?,16-12?,31-17?,32-25+/t30-,33-,34-,35?,36-,37?,38+,39+,40-,42+,43+,44-,46-,47+,51-/m1/s1. The van der Waals surface area contributed by atoms with Gasteiger partial charge in [-0.05, 0) is 107 Å². The molecular weight excluding hydrogens is 835 g/mol. The minimum absolute atomic E-state index is 0.0220. The van der Waals surface area contributed by atoms with E-state index >= 15 is 0 Å². The minimum atomic E-state index is -2.43. The molecule has 3 N–H and O–H groups in total. The van der Waals surface area contributed by atoms with Crippen LogP contribution in [0.2, 0.25) is 0 Å². The molecule has 1 amide bonds. The highest BCUT2D eigenvalue weighted by Crippen LogP contribution is 2.38. The van der Waals surface area contributed by atoms with Gasteiger partial charge in [0.1, 0.15) is 18.2 Å². The van der Waals surface area contributed by atoms with Gasteiger partial charge in [-0.25, -0.2) is 4.79 Å². The van der Waals surface area contributed by atoms with Crippen LogP contribution in [0, 0.1) is 35.5 Å². The lowest BCUT2D eigenvalue weighted by Crippen LogP contribution is -2.61. The molecule has 3 fully saturated rings. The number of ketones is 3. The first-order valence-electron chi connectivity index (χ1n) is 23.9. The summed E-state index contributed by atoms with van der Waals surface area (Å²) >= 11 is 0. The number of carbonyl (C=O) groups is 5. The van der Waals surface area contributed by atoms with Crippen LogP contribution in [0.1, 0.15) is 126 Å². The number of amides is 1. The molecule has 15 atom stereocenters. The fourth-order valence-corrected chi connectivity index (χ4v) is 10.1. The molecule has 2 unspecified atom stereocenters. The summed E-state index contributed by atoms with van der Waals surface area (Å²) in [6.07, 6.45) is 11.2. The first-order chi connectivity index (χ1) is 30.7. The molecule has 65 heavy (non-hydrogen) atoms. The summed E-state index contributed by atoms with van der Waals surface area (Å²) in [5.41, 5.74) is 1.19. The Morgan fingerprint density at radius 3 is 2.26 bits per heavy atom. The molecule has 0 spiro atoms. The van der Waals surface area contributed by atoms with Crippen molar-refractivity contribution in [3.8, 4) is 0 Å². The number of aliphatic hydroxyl groups is 3. The number of piperidine rings is 1. The molecule has 14 nitrogen and oxygen atoms in total. The quantitative estimate of drug-likeness (QED) is 0.202. The van der Waals surface area contributed by atoms with Gasteiger partial charge in [0.25, 0.3) is 11.7 Å². The van der Waals surface area contributed by atoms with E-state index in [1.54, 1.807) is 41.1 Å². The Morgan fingerprint density at radius 1 is 0.862 bits per heavy atom. The molecule has 0 aromatic carbocycles. The van der Waals surface area contributed by atoms with Gasteiger partial charge in [-0.15, -0.1) is 0 Å². The van der Waals surface area contributed by atoms with E-state index in [1.807, 2.05) is 58.1 Å². The van der Waals surface area contributed by atoms with Crippen molar-refractivity contribution in [1.82, 2.24) is 4.90 Å². The Balaban J connectivity index is 1.70. The summed E-state index contributed by atoms with van der Waals surface area (Å²) in [5.74, 6) is -7.93. The molecule has 4 aliphatic rings. The number of fused-ring (bicyclic) bond motifs is 3. The largest absolute Gasteiger partial charge is 0.460 e. The molecule has 3 heterocycles. The summed E-state index contributed by atoms with van der Waals surface area (Å²) in [4.78, 5) is 71.7. The third-order valence-corrected chi connectivity index (χ3v) is 14.5. The molecule has 14 heteroatoms. The topological polar surface area (TPSA) is 195 Å². The van der Waals surface area contributed by atoms with Crippen LogP contribution in [-0.2, 0) is 47.7 Å². The average Bonchev–Trinajstić information content (AvgIpc) is 3.28. The second-order valence-electron chi connectivity index (χ2n) is 19.6. The smallest absolute Gasteiger partial charge is 0.329 e. The number of allylic oxidation sites excluding steroid dienone is 6. The van der Waals surface area contributed by atoms with Crippen LogP contribution in [0.3, 0.4) is 0 Å². The molecule has 0 radical (unpaired) electrons. The van der Waals surface area contributed by atoms with Crippen molar-refractivity contribution in [2.45, 2.75) is 180 Å². The molecule has 1 aliphatic carbocycles. The lowest BCUT2D eigenvalue weighted by Gasteiger charge is -2.42. The van der Waals surface area contributed by atoms with Crippen LogP contribution in [0.15, 0.2) is 47.6 Å². The molecule has 0 aromatic heterocycles. The van der Waals surface area contributed by atoms with E-state index in [0.29, 0.717) is 63.4 Å². The normalized spacial score (nSPS) is 38.6. The van der Waals surface area contributed by atoms with Gasteiger partial charge in [-0.3, -0.25) is 19.2 Å². The first kappa shape index (κ1) is 54.2. The Labute approximate surface area is 387 Å². The second-order valence-corrected chi connectivity index (χ2v) is 19.6. The number of rotatable bonds is 6. The molecular formula is C51H79NO13. The van der Waals surface area contributed by atoms with Crippen LogP contribution in [-0.4, -0.2) is 132 Å². The van der Waals surface area contributed by atoms with Gasteiger partial charge in [0.15, 0.2) is 11.6 Å². The van der Waals surface area contributed by atoms with Crippen molar-refractivity contribution in [1.29, 1.82) is 0 Å². The van der Waals surface area contributed by atoms with Gasteiger partial charge in [0.05, 0.1) is 30.5 Å². The number of Topliss-reactive ketones (excluding diaryl/α,β-unsaturated/α-hetero) is 3. The Morgan fingerprint density at radius 2 is 1.58 bits per heavy atom. The van der Waals surface area contributed by atoms with Crippen LogP contribution < -0.4 is 0 Å². The van der Waals surface area contributed by atoms with Crippen LogP contribution in [0.5, 0.6) is 0 Å². The van der Waals surface area contributed by atoms with Crippen LogP contribution in [0.25, 0.3) is 0 Å². The van der Waals surface area contributed by atoms with E-state index in [4.69, 9.17) is 23.7 Å². The number of aliphatic hydroxyl groups excluding tert-OH is 2. The maximum absolute atomic E-state index is 14.4. The Kier molecular flexibility index (Phi) is 21.0. The number of esters is 1. The third-order valence-electron chi connectivity index (χ3n) is 14.5. The fraction of sp³-hybridized carbons (Fsp3) is 0.745. The van der Waals surface area contributed by atoms with E-state index in [9.17, 15) is 39.3 Å². The zero-order chi connectivity index (χ0) is 48.2. The van der Waals surface area contributed by atoms with Crippen LogP contribution >= 0.6 is 0 Å². The SMILES string of the molecule is CO[C@H]1C[C@@H]2CC[C@@H](C)[C@@](O)(O2)C(=O)C(=O)N2CCCC[C@H]2C(=O)O[C@H]([C@H](C)CC2CC[C@@H](O)[C@H](OC)C2)CC(=O)/C(C)=C/C(C)[C@@H](O)[C@@H](OC)C(=O)[C@H](C)C[C@H](C)C=CC=CC=C1C. The van der Waals surface area contributed by atoms with Crippen molar-refractivity contribution in [2.75, 3.05) is 27.9 Å². The number of carbonyl (C=O) groups excluding carboxylic acids is 5. The Hall–Kier alpha value is -3.37. The number of methoxy groups -OCH3 is 3. The summed E-state index contributed by atoms with van der Waals surface area (Å²) in [6, 6.07) is -1.14. The summed E-state index contributed by atoms with van der Waals surface area (Å²) < 4.78 is 29.4. The maximum Gasteiger partial charge on any atom is 0.329 e. The maximum atomic E-state index is 14.4. The van der Waals surface area contributed by atoms with E-state index in [2.05, 4.69) is 0 Å². The number of hydrogen-bond donors (Lipinski definition) is 3. The lowest BCUT2D eigenvalue weighted by molar-refractivity contribution is -0.265. The highest BCUT2D eigenvalue weighted by Gasteiger charge is 2.53. The van der Waals surface area contributed by atoms with Gasteiger partial charge in [-0.2, -0.15) is 0 Å². The molecule has 3 aliphatic heterocycles. The molecule has 366 valence electrons. The molecule has 1 saturated carbocycles. The van der Waals surface area contributed by atoms with E-state index < -0.39 is 83.9 Å². The predicted molar refractivity (Wildman–Crippen MR) is 245 cm³/mol. The van der Waals surface area contributed by atoms with Gasteiger partial charge in [0, 0.05) is 58.5 Å². The second kappa shape index (κ2) is 25.1. The van der Waals surface area contributed by atoms with E-state index in [1.165, 1.54) is 12.0 Å². The number of ether oxygens (including phenoxy) is 5. The number of hydrogen-bond acceptors (Lipinski definition) is 13.